The molecule has 150 valence electrons. The number of nitrogens with one attached hydrogen (secondary N) is 1. The lowest BCUT2D eigenvalue weighted by Crippen LogP contribution is -2.48. The first-order chi connectivity index (χ1) is 13.4. The maximum Gasteiger partial charge on any atom is 0.269 e. The maximum absolute atomic E-state index is 12.2. The molecule has 0 amide bonds. The van der Waals surface area contributed by atoms with Gasteiger partial charge in [0.1, 0.15) is 0 Å². The van der Waals surface area contributed by atoms with E-state index in [0.29, 0.717) is 12.2 Å². The largest absolute Gasteiger partial charge is 0.369 e. The Kier molecular flexibility index (Phi) is 6.55. The smallest absolute Gasteiger partial charge is 0.269 e. The van der Waals surface area contributed by atoms with E-state index in [4.69, 9.17) is 0 Å². The minimum atomic E-state index is -3.37. The summed E-state index contributed by atoms with van der Waals surface area (Å²) in [6.07, 6.45) is 1.63. The minimum absolute atomic E-state index is 0.0391. The van der Waals surface area contributed by atoms with E-state index in [2.05, 4.69) is 19.5 Å². The molecule has 9 nitrogen and oxygen atoms in total. The summed E-state index contributed by atoms with van der Waals surface area (Å²) in [5.41, 5.74) is 1.70. The van der Waals surface area contributed by atoms with Gasteiger partial charge in [0, 0.05) is 56.7 Å². The second-order valence-corrected chi connectivity index (χ2v) is 8.49. The summed E-state index contributed by atoms with van der Waals surface area (Å²) in [6, 6.07) is 11.9. The van der Waals surface area contributed by atoms with Crippen molar-refractivity contribution in [1.29, 1.82) is 0 Å². The van der Waals surface area contributed by atoms with E-state index < -0.39 is 14.9 Å². The van der Waals surface area contributed by atoms with E-state index in [1.54, 1.807) is 30.5 Å². The van der Waals surface area contributed by atoms with Crippen LogP contribution in [0.2, 0.25) is 0 Å². The van der Waals surface area contributed by atoms with Gasteiger partial charge in [0.2, 0.25) is 10.0 Å². The molecule has 1 saturated heterocycles. The average molecular weight is 405 g/mol. The molecule has 2 heterocycles. The number of aromatic nitrogens is 1. The SMILES string of the molecule is O=[N+]([O-])c1ccc(N2CCN(CCS(=O)(=O)NCc3ccccn3)CC2)cc1. The summed E-state index contributed by atoms with van der Waals surface area (Å²) in [6.45, 7) is 3.64. The van der Waals surface area contributed by atoms with Crippen molar-refractivity contribution in [2.75, 3.05) is 43.4 Å². The Bertz CT molecular complexity index is 882. The average Bonchev–Trinajstić information content (AvgIpc) is 2.72. The van der Waals surface area contributed by atoms with Crippen molar-refractivity contribution in [2.24, 2.45) is 0 Å². The van der Waals surface area contributed by atoms with Gasteiger partial charge in [-0.05, 0) is 24.3 Å². The number of nitro groups is 1. The third-order valence-corrected chi connectivity index (χ3v) is 5.98. The molecule has 10 heteroatoms. The Labute approximate surface area is 164 Å². The molecule has 0 atom stereocenters. The highest BCUT2D eigenvalue weighted by atomic mass is 32.2. The quantitative estimate of drug-likeness (QED) is 0.520. The highest BCUT2D eigenvalue weighted by molar-refractivity contribution is 7.89. The van der Waals surface area contributed by atoms with Crippen molar-refractivity contribution in [1.82, 2.24) is 14.6 Å². The third-order valence-electron chi connectivity index (χ3n) is 4.67. The Hall–Kier alpha value is -2.56. The maximum atomic E-state index is 12.2. The van der Waals surface area contributed by atoms with E-state index in [1.165, 1.54) is 12.1 Å². The van der Waals surface area contributed by atoms with Crippen LogP contribution in [0.25, 0.3) is 0 Å². The Balaban J connectivity index is 1.43. The molecule has 1 aliphatic heterocycles. The number of piperazine rings is 1. The van der Waals surface area contributed by atoms with Gasteiger partial charge in [-0.15, -0.1) is 0 Å². The van der Waals surface area contributed by atoms with Gasteiger partial charge < -0.3 is 4.90 Å². The number of hydrogen-bond donors (Lipinski definition) is 1. The number of benzene rings is 1. The second kappa shape index (κ2) is 9.09. The first-order valence-corrected chi connectivity index (χ1v) is 10.7. The fourth-order valence-electron chi connectivity index (χ4n) is 3.02. The van der Waals surface area contributed by atoms with Crippen LogP contribution in [0.1, 0.15) is 5.69 Å². The van der Waals surface area contributed by atoms with Gasteiger partial charge >= 0.3 is 0 Å². The van der Waals surface area contributed by atoms with Crippen LogP contribution in [0.5, 0.6) is 0 Å². The van der Waals surface area contributed by atoms with Gasteiger partial charge in [-0.3, -0.25) is 20.0 Å². The van der Waals surface area contributed by atoms with Crippen LogP contribution < -0.4 is 9.62 Å². The number of sulfonamides is 1. The standard InChI is InChI=1S/C18H23N5O4S/c24-23(25)18-6-4-17(5-7-18)22-11-9-21(10-12-22)13-14-28(26,27)20-15-16-3-1-2-8-19-16/h1-8,20H,9-15H2. The Morgan fingerprint density at radius 2 is 1.79 bits per heavy atom. The summed E-state index contributed by atoms with van der Waals surface area (Å²) >= 11 is 0. The molecule has 1 aromatic heterocycles. The minimum Gasteiger partial charge on any atom is -0.369 e. The Morgan fingerprint density at radius 3 is 2.39 bits per heavy atom. The van der Waals surface area contributed by atoms with E-state index in [-0.39, 0.29) is 18.0 Å². The monoisotopic (exact) mass is 405 g/mol. The predicted molar refractivity (Wildman–Crippen MR) is 107 cm³/mol. The number of pyridine rings is 1. The summed E-state index contributed by atoms with van der Waals surface area (Å²) < 4.78 is 27.0. The highest BCUT2D eigenvalue weighted by Gasteiger charge is 2.20. The van der Waals surface area contributed by atoms with Crippen LogP contribution in [-0.2, 0) is 16.6 Å². The van der Waals surface area contributed by atoms with E-state index in [9.17, 15) is 18.5 Å². The topological polar surface area (TPSA) is 109 Å². The summed E-state index contributed by atoms with van der Waals surface area (Å²) in [4.78, 5) is 18.7. The van der Waals surface area contributed by atoms with Crippen LogP contribution in [0.4, 0.5) is 11.4 Å². The van der Waals surface area contributed by atoms with Gasteiger partial charge in [-0.1, -0.05) is 6.07 Å². The zero-order valence-corrected chi connectivity index (χ0v) is 16.2. The summed E-state index contributed by atoms with van der Waals surface area (Å²) in [5.74, 6) is 0.0391. The fraction of sp³-hybridized carbons (Fsp3) is 0.389. The number of hydrogen-bond acceptors (Lipinski definition) is 7. The first kappa shape index (κ1) is 20.2. The zero-order chi connectivity index (χ0) is 20.0. The summed E-state index contributed by atoms with van der Waals surface area (Å²) in [5, 5.41) is 10.7. The number of non-ortho nitro benzene ring substituents is 1. The molecular weight excluding hydrogens is 382 g/mol. The third kappa shape index (κ3) is 5.72. The van der Waals surface area contributed by atoms with Gasteiger partial charge in [-0.2, -0.15) is 0 Å². The molecule has 1 aliphatic rings. The molecule has 0 saturated carbocycles. The fourth-order valence-corrected chi connectivity index (χ4v) is 4.03. The second-order valence-electron chi connectivity index (χ2n) is 6.56. The van der Waals surface area contributed by atoms with E-state index >= 15 is 0 Å². The normalized spacial score (nSPS) is 15.5. The van der Waals surface area contributed by atoms with Crippen LogP contribution in [-0.4, -0.2) is 61.7 Å². The number of anilines is 1. The molecule has 0 aliphatic carbocycles. The van der Waals surface area contributed by atoms with Crippen LogP contribution >= 0.6 is 0 Å². The zero-order valence-electron chi connectivity index (χ0n) is 15.4. The Morgan fingerprint density at radius 1 is 1.07 bits per heavy atom. The molecule has 2 aromatic rings. The summed E-state index contributed by atoms with van der Waals surface area (Å²) in [7, 11) is -3.37. The lowest BCUT2D eigenvalue weighted by atomic mass is 10.2. The molecule has 0 radical (unpaired) electrons. The number of rotatable bonds is 8. The van der Waals surface area contributed by atoms with Gasteiger partial charge in [0.05, 0.1) is 22.9 Å². The molecule has 1 N–H and O–H groups in total. The first-order valence-electron chi connectivity index (χ1n) is 9.02. The molecule has 0 bridgehead atoms. The van der Waals surface area contributed by atoms with E-state index in [0.717, 1.165) is 31.9 Å². The van der Waals surface area contributed by atoms with Crippen molar-refractivity contribution in [2.45, 2.75) is 6.54 Å². The molecule has 0 unspecified atom stereocenters. The lowest BCUT2D eigenvalue weighted by molar-refractivity contribution is -0.384. The van der Waals surface area contributed by atoms with Crippen molar-refractivity contribution in [3.05, 3.63) is 64.5 Å². The van der Waals surface area contributed by atoms with Gasteiger partial charge in [0.15, 0.2) is 0 Å². The van der Waals surface area contributed by atoms with Gasteiger partial charge in [0.25, 0.3) is 5.69 Å². The molecule has 1 aromatic carbocycles. The molecular formula is C18H23N5O4S. The molecule has 0 spiro atoms. The lowest BCUT2D eigenvalue weighted by Gasteiger charge is -2.36. The van der Waals surface area contributed by atoms with Crippen LogP contribution in [0.15, 0.2) is 48.7 Å². The molecule has 3 rings (SSSR count). The van der Waals surface area contributed by atoms with Crippen molar-refractivity contribution in [3.8, 4) is 0 Å². The van der Waals surface area contributed by atoms with Crippen molar-refractivity contribution in [3.63, 3.8) is 0 Å². The predicted octanol–water partition coefficient (Wildman–Crippen LogP) is 1.23. The number of nitrogens with zero attached hydrogens (tertiary/aromatic N) is 4. The highest BCUT2D eigenvalue weighted by Crippen LogP contribution is 2.20. The molecule has 1 fully saturated rings. The van der Waals surface area contributed by atoms with Crippen LogP contribution in [0, 0.1) is 10.1 Å². The molecule has 28 heavy (non-hydrogen) atoms. The van der Waals surface area contributed by atoms with Crippen molar-refractivity contribution < 1.29 is 13.3 Å². The van der Waals surface area contributed by atoms with E-state index in [1.807, 2.05) is 6.07 Å². The van der Waals surface area contributed by atoms with Crippen molar-refractivity contribution >= 4 is 21.4 Å². The van der Waals surface area contributed by atoms with Gasteiger partial charge in [-0.25, -0.2) is 13.1 Å². The van der Waals surface area contributed by atoms with Crippen LogP contribution in [0.3, 0.4) is 0 Å². The number of nitro benzene ring substituents is 1.